The van der Waals surface area contributed by atoms with Gasteiger partial charge in [0.15, 0.2) is 0 Å². The molecule has 0 bridgehead atoms. The third kappa shape index (κ3) is 3.43. The average Bonchev–Trinajstić information content (AvgIpc) is 2.71. The van der Waals surface area contributed by atoms with E-state index < -0.39 is 17.5 Å². The van der Waals surface area contributed by atoms with Crippen molar-refractivity contribution in [2.75, 3.05) is 6.54 Å². The summed E-state index contributed by atoms with van der Waals surface area (Å²) < 4.78 is 13.6. The van der Waals surface area contributed by atoms with Gasteiger partial charge in [0.05, 0.1) is 16.7 Å². The summed E-state index contributed by atoms with van der Waals surface area (Å²) in [5, 5.41) is 15.4. The van der Waals surface area contributed by atoms with Gasteiger partial charge >= 0.3 is 0 Å². The number of carbonyl (C=O) groups excluding carboxylic acids is 1. The van der Waals surface area contributed by atoms with Crippen molar-refractivity contribution in [2.45, 2.75) is 31.5 Å². The first-order valence-corrected chi connectivity index (χ1v) is 6.43. The van der Waals surface area contributed by atoms with Crippen LogP contribution in [0.5, 0.6) is 0 Å². The van der Waals surface area contributed by atoms with E-state index >= 15 is 0 Å². The highest BCUT2D eigenvalue weighted by Crippen LogP contribution is 2.19. The van der Waals surface area contributed by atoms with E-state index in [1.807, 2.05) is 0 Å². The molecule has 3 N–H and O–H groups in total. The average molecular weight is 287 g/mol. The van der Waals surface area contributed by atoms with Crippen molar-refractivity contribution in [3.63, 3.8) is 0 Å². The number of carbonyl (C=O) groups is 1. The quantitative estimate of drug-likeness (QED) is 0.783. The Labute approximate surface area is 116 Å². The molecule has 0 aromatic heterocycles. The molecule has 19 heavy (non-hydrogen) atoms. The second kappa shape index (κ2) is 5.45. The number of aliphatic hydroxyl groups is 1. The van der Waals surface area contributed by atoms with Crippen LogP contribution in [0.1, 0.15) is 18.9 Å². The minimum atomic E-state index is -0.872. The minimum absolute atomic E-state index is 0.0358. The molecule has 0 saturated carbocycles. The lowest BCUT2D eigenvalue weighted by atomic mass is 10.0. The van der Waals surface area contributed by atoms with Crippen LogP contribution in [-0.2, 0) is 11.3 Å². The van der Waals surface area contributed by atoms with Crippen molar-refractivity contribution in [2.24, 2.45) is 0 Å². The minimum Gasteiger partial charge on any atom is -0.389 e. The van der Waals surface area contributed by atoms with E-state index in [9.17, 15) is 14.3 Å². The molecule has 1 amide bonds. The van der Waals surface area contributed by atoms with E-state index in [0.29, 0.717) is 18.5 Å². The van der Waals surface area contributed by atoms with Gasteiger partial charge in [-0.3, -0.25) is 4.79 Å². The van der Waals surface area contributed by atoms with Gasteiger partial charge in [-0.15, -0.1) is 0 Å². The van der Waals surface area contributed by atoms with Crippen LogP contribution in [0.4, 0.5) is 4.39 Å². The Bertz CT molecular complexity index is 494. The zero-order chi connectivity index (χ0) is 14.0. The molecule has 1 heterocycles. The van der Waals surface area contributed by atoms with Crippen molar-refractivity contribution in [1.82, 2.24) is 10.6 Å². The number of amides is 1. The monoisotopic (exact) mass is 286 g/mol. The molecule has 1 aliphatic heterocycles. The first kappa shape index (κ1) is 14.2. The number of benzene rings is 1. The molecule has 104 valence electrons. The van der Waals surface area contributed by atoms with Gasteiger partial charge < -0.3 is 15.7 Å². The summed E-state index contributed by atoms with van der Waals surface area (Å²) in [4.78, 5) is 11.9. The third-order valence-electron chi connectivity index (χ3n) is 3.17. The second-order valence-corrected chi connectivity index (χ2v) is 5.47. The highest BCUT2D eigenvalue weighted by atomic mass is 35.5. The zero-order valence-electron chi connectivity index (χ0n) is 10.5. The van der Waals surface area contributed by atoms with Gasteiger partial charge in [0, 0.05) is 25.1 Å². The predicted octanol–water partition coefficient (Wildman–Crippen LogP) is 1.21. The molecule has 1 aliphatic rings. The number of nitrogens with one attached hydrogen (secondary N) is 2. The van der Waals surface area contributed by atoms with Crippen molar-refractivity contribution in [1.29, 1.82) is 0 Å². The van der Waals surface area contributed by atoms with Crippen molar-refractivity contribution < 1.29 is 14.3 Å². The first-order chi connectivity index (χ1) is 8.89. The summed E-state index contributed by atoms with van der Waals surface area (Å²) in [5.74, 6) is -0.770. The molecule has 1 aromatic rings. The van der Waals surface area contributed by atoms with Crippen LogP contribution in [0, 0.1) is 5.82 Å². The fourth-order valence-corrected chi connectivity index (χ4v) is 2.30. The van der Waals surface area contributed by atoms with E-state index in [4.69, 9.17) is 11.6 Å². The van der Waals surface area contributed by atoms with Crippen LogP contribution in [-0.4, -0.2) is 29.2 Å². The van der Waals surface area contributed by atoms with Crippen LogP contribution in [0.25, 0.3) is 0 Å². The molecule has 1 saturated heterocycles. The van der Waals surface area contributed by atoms with Crippen LogP contribution in [0.15, 0.2) is 18.2 Å². The number of rotatable bonds is 3. The highest BCUT2D eigenvalue weighted by Gasteiger charge is 2.36. The van der Waals surface area contributed by atoms with Crippen molar-refractivity contribution in [3.05, 3.63) is 34.6 Å². The summed E-state index contributed by atoms with van der Waals surface area (Å²) in [6, 6.07) is 4.21. The first-order valence-electron chi connectivity index (χ1n) is 6.05. The molecular formula is C13H16ClFN2O2. The van der Waals surface area contributed by atoms with Gasteiger partial charge in [-0.05, 0) is 13.0 Å². The molecule has 4 nitrogen and oxygen atoms in total. The largest absolute Gasteiger partial charge is 0.389 e. The highest BCUT2D eigenvalue weighted by molar-refractivity contribution is 6.30. The van der Waals surface area contributed by atoms with Crippen molar-refractivity contribution in [3.8, 4) is 0 Å². The molecule has 0 radical (unpaired) electrons. The molecule has 1 fully saturated rings. The smallest absolute Gasteiger partial charge is 0.237 e. The Kier molecular flexibility index (Phi) is 4.08. The van der Waals surface area contributed by atoms with Crippen LogP contribution in [0.3, 0.4) is 0 Å². The number of hydrogen-bond acceptors (Lipinski definition) is 3. The van der Waals surface area contributed by atoms with E-state index in [0.717, 1.165) is 0 Å². The third-order valence-corrected chi connectivity index (χ3v) is 3.47. The van der Waals surface area contributed by atoms with Gasteiger partial charge in [-0.25, -0.2) is 4.39 Å². The molecule has 0 unspecified atom stereocenters. The standard InChI is InChI=1S/C13H16ClFN2O2/c1-13(19)5-10(17-7-13)12(18)16-6-8-3-2-4-9(14)11(8)15/h2-4,10,17,19H,5-7H2,1H3,(H,16,18)/t10-,13-/m0/s1. The molecule has 2 atom stereocenters. The van der Waals surface area contributed by atoms with Crippen molar-refractivity contribution >= 4 is 17.5 Å². The SMILES string of the molecule is C[C@@]1(O)CN[C@H](C(=O)NCc2cccc(Cl)c2F)C1. The van der Waals surface area contributed by atoms with Crippen LogP contribution >= 0.6 is 11.6 Å². The van der Waals surface area contributed by atoms with Crippen LogP contribution < -0.4 is 10.6 Å². The number of hydrogen-bond donors (Lipinski definition) is 3. The lowest BCUT2D eigenvalue weighted by molar-refractivity contribution is -0.123. The molecule has 2 rings (SSSR count). The fraction of sp³-hybridized carbons (Fsp3) is 0.462. The van der Waals surface area contributed by atoms with E-state index in [1.54, 1.807) is 19.1 Å². The predicted molar refractivity (Wildman–Crippen MR) is 70.3 cm³/mol. The molecule has 0 spiro atoms. The lowest BCUT2D eigenvalue weighted by Crippen LogP contribution is -2.40. The van der Waals surface area contributed by atoms with E-state index in [1.165, 1.54) is 6.07 Å². The Morgan fingerprint density at radius 1 is 1.68 bits per heavy atom. The number of β-amino-alcohol motifs (C(OH)–C–C–N with tert-alkyl or cyclic N) is 1. The zero-order valence-corrected chi connectivity index (χ0v) is 11.3. The van der Waals surface area contributed by atoms with Gasteiger partial charge in [0.1, 0.15) is 5.82 Å². The topological polar surface area (TPSA) is 61.4 Å². The molecule has 6 heteroatoms. The maximum Gasteiger partial charge on any atom is 0.237 e. The maximum absolute atomic E-state index is 13.6. The summed E-state index contributed by atoms with van der Waals surface area (Å²) >= 11 is 5.66. The van der Waals surface area contributed by atoms with E-state index in [-0.39, 0.29) is 17.5 Å². The van der Waals surface area contributed by atoms with E-state index in [2.05, 4.69) is 10.6 Å². The molecular weight excluding hydrogens is 271 g/mol. The Morgan fingerprint density at radius 2 is 2.42 bits per heavy atom. The van der Waals surface area contributed by atoms with Gasteiger partial charge in [-0.1, -0.05) is 23.7 Å². The van der Waals surface area contributed by atoms with Gasteiger partial charge in [0.25, 0.3) is 0 Å². The summed E-state index contributed by atoms with van der Waals surface area (Å²) in [6.07, 6.45) is 0.344. The maximum atomic E-state index is 13.6. The van der Waals surface area contributed by atoms with Gasteiger partial charge in [-0.2, -0.15) is 0 Å². The molecule has 0 aliphatic carbocycles. The Hall–Kier alpha value is -1.17. The Morgan fingerprint density at radius 3 is 3.05 bits per heavy atom. The normalized spacial score (nSPS) is 26.4. The second-order valence-electron chi connectivity index (χ2n) is 5.07. The van der Waals surface area contributed by atoms with Gasteiger partial charge in [0.2, 0.25) is 5.91 Å². The Balaban J connectivity index is 1.92. The fourth-order valence-electron chi connectivity index (χ4n) is 2.10. The lowest BCUT2D eigenvalue weighted by Gasteiger charge is -2.14. The molecule has 1 aromatic carbocycles. The summed E-state index contributed by atoms with van der Waals surface area (Å²) in [6.45, 7) is 2.12. The summed E-state index contributed by atoms with van der Waals surface area (Å²) in [7, 11) is 0. The van der Waals surface area contributed by atoms with Crippen LogP contribution in [0.2, 0.25) is 5.02 Å². The number of halogens is 2. The summed E-state index contributed by atoms with van der Waals surface area (Å²) in [5.41, 5.74) is -0.533.